The van der Waals surface area contributed by atoms with Crippen molar-refractivity contribution in [3.8, 4) is 10.8 Å². The molecule has 0 aromatic carbocycles. The summed E-state index contributed by atoms with van der Waals surface area (Å²) in [5.74, 6) is -0.397. The van der Waals surface area contributed by atoms with Gasteiger partial charge in [0.15, 0.2) is 15.4 Å². The van der Waals surface area contributed by atoms with Crippen LogP contribution in [-0.4, -0.2) is 16.1 Å². The molecule has 0 saturated carbocycles. The number of furan rings is 1. The Kier molecular flexibility index (Phi) is 3.70. The van der Waals surface area contributed by atoms with Crippen molar-refractivity contribution >= 4 is 49.2 Å². The summed E-state index contributed by atoms with van der Waals surface area (Å²) in [5.41, 5.74) is 0.584. The third-order valence-electron chi connectivity index (χ3n) is 2.08. The number of carbonyl (C=O) groups is 1. The molecule has 0 unspecified atom stereocenters. The van der Waals surface area contributed by atoms with Crippen LogP contribution in [0.5, 0.6) is 0 Å². The van der Waals surface area contributed by atoms with Crippen molar-refractivity contribution in [2.75, 3.05) is 0 Å². The zero-order valence-electron chi connectivity index (χ0n) is 8.66. The molecule has 1 N–H and O–H groups in total. The summed E-state index contributed by atoms with van der Waals surface area (Å²) in [4.78, 5) is 15.6. The number of carboxylic acids is 1. The molecule has 0 fully saturated rings. The molecule has 90 valence electrons. The Morgan fingerprint density at radius 1 is 1.59 bits per heavy atom. The largest absolute Gasteiger partial charge is 0.477 e. The van der Waals surface area contributed by atoms with E-state index in [1.54, 1.807) is 6.07 Å². The summed E-state index contributed by atoms with van der Waals surface area (Å²) in [6.07, 6.45) is 0.585. The Labute approximate surface area is 118 Å². The van der Waals surface area contributed by atoms with Gasteiger partial charge < -0.3 is 9.52 Å². The lowest BCUT2D eigenvalue weighted by atomic mass is 10.3. The van der Waals surface area contributed by atoms with Gasteiger partial charge in [-0.3, -0.25) is 0 Å². The van der Waals surface area contributed by atoms with E-state index < -0.39 is 5.97 Å². The molecule has 2 rings (SSSR count). The third kappa shape index (κ3) is 2.46. The average Bonchev–Trinajstić information content (AvgIpc) is 2.83. The van der Waals surface area contributed by atoms with Gasteiger partial charge in [0.2, 0.25) is 0 Å². The Morgan fingerprint density at radius 3 is 2.71 bits per heavy atom. The van der Waals surface area contributed by atoms with Crippen LogP contribution in [0, 0.1) is 0 Å². The number of aromatic carboxylic acids is 1. The summed E-state index contributed by atoms with van der Waals surface area (Å²) in [6, 6.07) is 1.76. The summed E-state index contributed by atoms with van der Waals surface area (Å²) in [7, 11) is 0. The maximum atomic E-state index is 11.0. The van der Waals surface area contributed by atoms with Crippen LogP contribution in [0.2, 0.25) is 0 Å². The van der Waals surface area contributed by atoms with Crippen LogP contribution in [0.1, 0.15) is 22.3 Å². The summed E-state index contributed by atoms with van der Waals surface area (Å²) in [5, 5.41) is 9.61. The molecule has 0 bridgehead atoms. The second-order valence-electron chi connectivity index (χ2n) is 3.19. The summed E-state index contributed by atoms with van der Waals surface area (Å²) < 4.78 is 6.76. The van der Waals surface area contributed by atoms with E-state index in [0.717, 1.165) is 15.8 Å². The number of aryl methyl sites for hydroxylation is 1. The van der Waals surface area contributed by atoms with Crippen molar-refractivity contribution in [1.29, 1.82) is 0 Å². The third-order valence-corrected chi connectivity index (χ3v) is 4.89. The van der Waals surface area contributed by atoms with E-state index in [-0.39, 0.29) is 4.88 Å². The van der Waals surface area contributed by atoms with Gasteiger partial charge in [0.1, 0.15) is 4.88 Å². The lowest BCUT2D eigenvalue weighted by Crippen LogP contribution is -1.97. The van der Waals surface area contributed by atoms with Crippen LogP contribution >= 0.6 is 43.2 Å². The highest BCUT2D eigenvalue weighted by atomic mass is 79.9. The number of thiazole rings is 1. The maximum Gasteiger partial charge on any atom is 0.347 e. The zero-order chi connectivity index (χ0) is 12.6. The fourth-order valence-electron chi connectivity index (χ4n) is 1.32. The first-order valence-corrected chi connectivity index (χ1v) is 7.11. The molecule has 0 saturated heterocycles. The average molecular weight is 381 g/mol. The molecule has 2 heterocycles. The molecule has 7 heteroatoms. The van der Waals surface area contributed by atoms with Gasteiger partial charge >= 0.3 is 5.97 Å². The molecule has 4 nitrogen and oxygen atoms in total. The van der Waals surface area contributed by atoms with Gasteiger partial charge in [-0.15, -0.1) is 11.3 Å². The number of rotatable bonds is 3. The van der Waals surface area contributed by atoms with Crippen LogP contribution in [0.4, 0.5) is 0 Å². The molecule has 0 amide bonds. The molecule has 17 heavy (non-hydrogen) atoms. The van der Waals surface area contributed by atoms with Gasteiger partial charge in [-0.1, -0.05) is 6.92 Å². The van der Waals surface area contributed by atoms with Gasteiger partial charge in [0.25, 0.3) is 0 Å². The predicted octanol–water partition coefficient (Wildman–Crippen LogP) is 4.19. The fourth-order valence-corrected chi connectivity index (χ4v) is 2.84. The minimum absolute atomic E-state index is 0.270. The molecular weight excluding hydrogens is 374 g/mol. The first-order valence-electron chi connectivity index (χ1n) is 4.71. The Bertz CT molecular complexity index is 557. The van der Waals surface area contributed by atoms with E-state index in [4.69, 9.17) is 9.52 Å². The number of aromatic nitrogens is 1. The van der Waals surface area contributed by atoms with Gasteiger partial charge in [0, 0.05) is 6.07 Å². The van der Waals surface area contributed by atoms with Crippen LogP contribution in [0.15, 0.2) is 19.6 Å². The maximum absolute atomic E-state index is 11.0. The fraction of sp³-hybridized carbons (Fsp3) is 0.200. The van der Waals surface area contributed by atoms with Crippen LogP contribution in [0.3, 0.4) is 0 Å². The van der Waals surface area contributed by atoms with Gasteiger partial charge in [-0.05, 0) is 38.3 Å². The van der Waals surface area contributed by atoms with E-state index in [2.05, 4.69) is 36.8 Å². The van der Waals surface area contributed by atoms with Gasteiger partial charge in [0.05, 0.1) is 10.2 Å². The SMILES string of the molecule is CCc1nc(-c2cc(Br)c(Br)o2)sc1C(=O)O. The van der Waals surface area contributed by atoms with Crippen molar-refractivity contribution in [1.82, 2.24) is 4.98 Å². The lowest BCUT2D eigenvalue weighted by Gasteiger charge is -1.89. The van der Waals surface area contributed by atoms with Gasteiger partial charge in [-0.2, -0.15) is 0 Å². The minimum Gasteiger partial charge on any atom is -0.477 e. The topological polar surface area (TPSA) is 63.3 Å². The monoisotopic (exact) mass is 379 g/mol. The quantitative estimate of drug-likeness (QED) is 0.867. The Morgan fingerprint density at radius 2 is 2.29 bits per heavy atom. The van der Waals surface area contributed by atoms with E-state index >= 15 is 0 Å². The van der Waals surface area contributed by atoms with Crippen molar-refractivity contribution < 1.29 is 14.3 Å². The first-order chi connectivity index (χ1) is 8.02. The van der Waals surface area contributed by atoms with E-state index in [1.807, 2.05) is 6.92 Å². The highest BCUT2D eigenvalue weighted by Crippen LogP contribution is 2.35. The minimum atomic E-state index is -0.949. The Hall–Kier alpha value is -0.660. The molecule has 0 aliphatic carbocycles. The van der Waals surface area contributed by atoms with Crippen molar-refractivity contribution in [2.45, 2.75) is 13.3 Å². The number of carboxylic acid groups (broad SMARTS) is 1. The van der Waals surface area contributed by atoms with E-state index in [9.17, 15) is 4.79 Å². The molecule has 2 aromatic heterocycles. The predicted molar refractivity (Wildman–Crippen MR) is 71.6 cm³/mol. The number of hydrogen-bond acceptors (Lipinski definition) is 4. The lowest BCUT2D eigenvalue weighted by molar-refractivity contribution is 0.0701. The van der Waals surface area contributed by atoms with Crippen LogP contribution in [0.25, 0.3) is 10.8 Å². The van der Waals surface area contributed by atoms with E-state index in [1.165, 1.54) is 0 Å². The summed E-state index contributed by atoms with van der Waals surface area (Å²) in [6.45, 7) is 1.87. The molecule has 0 radical (unpaired) electrons. The molecule has 0 atom stereocenters. The Balaban J connectivity index is 2.49. The number of halogens is 2. The van der Waals surface area contributed by atoms with Crippen molar-refractivity contribution in [3.63, 3.8) is 0 Å². The number of nitrogens with zero attached hydrogens (tertiary/aromatic N) is 1. The van der Waals surface area contributed by atoms with Crippen LogP contribution in [-0.2, 0) is 6.42 Å². The first kappa shape index (κ1) is 12.8. The van der Waals surface area contributed by atoms with Crippen LogP contribution < -0.4 is 0 Å². The second kappa shape index (κ2) is 4.91. The zero-order valence-corrected chi connectivity index (χ0v) is 12.6. The number of hydrogen-bond donors (Lipinski definition) is 1. The van der Waals surface area contributed by atoms with Gasteiger partial charge in [-0.25, -0.2) is 9.78 Å². The standard InChI is InChI=1S/C10H7Br2NO3S/c1-2-5-7(10(14)15)17-9(13-5)6-3-4(11)8(12)16-6/h3H,2H2,1H3,(H,14,15). The molecule has 2 aromatic rings. The normalized spacial score (nSPS) is 10.8. The van der Waals surface area contributed by atoms with Crippen molar-refractivity contribution in [3.05, 3.63) is 25.8 Å². The molecule has 0 spiro atoms. The molecule has 0 aliphatic rings. The van der Waals surface area contributed by atoms with E-state index in [0.29, 0.717) is 27.6 Å². The smallest absolute Gasteiger partial charge is 0.347 e. The second-order valence-corrected chi connectivity index (χ2v) is 5.76. The van der Waals surface area contributed by atoms with Crippen molar-refractivity contribution in [2.24, 2.45) is 0 Å². The highest BCUT2D eigenvalue weighted by molar-refractivity contribution is 9.13. The molecule has 0 aliphatic heterocycles. The molecular formula is C10H7Br2NO3S. The highest BCUT2D eigenvalue weighted by Gasteiger charge is 2.19. The summed E-state index contributed by atoms with van der Waals surface area (Å²) >= 11 is 7.66.